The molecule has 8 heteroatoms. The summed E-state index contributed by atoms with van der Waals surface area (Å²) in [7, 11) is 0. The van der Waals surface area contributed by atoms with Gasteiger partial charge in [-0.1, -0.05) is 54.2 Å². The van der Waals surface area contributed by atoms with E-state index >= 15 is 0 Å². The Morgan fingerprint density at radius 2 is 1.84 bits per heavy atom. The van der Waals surface area contributed by atoms with Crippen molar-refractivity contribution in [2.45, 2.75) is 23.0 Å². The topological polar surface area (TPSA) is 73.0 Å². The van der Waals surface area contributed by atoms with Gasteiger partial charge in [-0.05, 0) is 36.1 Å². The fourth-order valence-corrected chi connectivity index (χ4v) is 4.52. The van der Waals surface area contributed by atoms with E-state index in [4.69, 9.17) is 4.42 Å². The number of rotatable bonds is 9. The Hall–Kier alpha value is -2.97. The van der Waals surface area contributed by atoms with Crippen LogP contribution in [0, 0.1) is 0 Å². The Bertz CT molecular complexity index is 1130. The SMILES string of the molecule is CSc1ccccc1NC(=O)CCSc1nnc(-c2ccco2)n1Cc1ccccc1. The molecule has 0 atom stereocenters. The summed E-state index contributed by atoms with van der Waals surface area (Å²) in [6.07, 6.45) is 4.00. The molecule has 0 radical (unpaired) electrons. The van der Waals surface area contributed by atoms with E-state index in [-0.39, 0.29) is 5.91 Å². The van der Waals surface area contributed by atoms with Crippen LogP contribution >= 0.6 is 23.5 Å². The van der Waals surface area contributed by atoms with Crippen molar-refractivity contribution in [3.8, 4) is 11.6 Å². The second-order valence-electron chi connectivity index (χ2n) is 6.70. The molecule has 0 aliphatic carbocycles. The lowest BCUT2D eigenvalue weighted by Crippen LogP contribution is -2.13. The van der Waals surface area contributed by atoms with Crippen LogP contribution < -0.4 is 5.32 Å². The smallest absolute Gasteiger partial charge is 0.225 e. The van der Waals surface area contributed by atoms with Gasteiger partial charge >= 0.3 is 0 Å². The Labute approximate surface area is 189 Å². The number of aromatic nitrogens is 3. The third kappa shape index (κ3) is 5.39. The third-order valence-corrected chi connectivity index (χ3v) is 6.35. The molecule has 4 rings (SSSR count). The van der Waals surface area contributed by atoms with Gasteiger partial charge in [0, 0.05) is 17.1 Å². The molecular weight excluding hydrogens is 428 g/mol. The number of benzene rings is 2. The van der Waals surface area contributed by atoms with Crippen LogP contribution in [0.4, 0.5) is 5.69 Å². The molecule has 0 saturated carbocycles. The number of hydrogen-bond acceptors (Lipinski definition) is 6. The summed E-state index contributed by atoms with van der Waals surface area (Å²) in [5.74, 6) is 1.92. The van der Waals surface area contributed by atoms with E-state index in [0.29, 0.717) is 30.3 Å². The van der Waals surface area contributed by atoms with Crippen molar-refractivity contribution < 1.29 is 9.21 Å². The fraction of sp³-hybridized carbons (Fsp3) is 0.174. The van der Waals surface area contributed by atoms with Crippen molar-refractivity contribution in [3.63, 3.8) is 0 Å². The zero-order valence-electron chi connectivity index (χ0n) is 17.0. The van der Waals surface area contributed by atoms with E-state index in [1.165, 1.54) is 11.8 Å². The number of para-hydroxylation sites is 1. The summed E-state index contributed by atoms with van der Waals surface area (Å²) in [5, 5.41) is 12.5. The minimum Gasteiger partial charge on any atom is -0.461 e. The molecule has 0 saturated heterocycles. The second kappa shape index (κ2) is 10.4. The third-order valence-electron chi connectivity index (χ3n) is 4.58. The van der Waals surface area contributed by atoms with Crippen LogP contribution in [-0.2, 0) is 11.3 Å². The zero-order chi connectivity index (χ0) is 21.5. The number of amides is 1. The molecule has 4 aromatic rings. The van der Waals surface area contributed by atoms with Crippen LogP contribution in [0.25, 0.3) is 11.6 Å². The van der Waals surface area contributed by atoms with Crippen molar-refractivity contribution in [2.24, 2.45) is 0 Å². The van der Waals surface area contributed by atoms with Crippen LogP contribution in [0.2, 0.25) is 0 Å². The highest BCUT2D eigenvalue weighted by atomic mass is 32.2. The Morgan fingerprint density at radius 1 is 1.03 bits per heavy atom. The van der Waals surface area contributed by atoms with Crippen LogP contribution in [0.3, 0.4) is 0 Å². The van der Waals surface area contributed by atoms with E-state index in [1.807, 2.05) is 65.4 Å². The minimum absolute atomic E-state index is 0.0191. The molecule has 0 bridgehead atoms. The Balaban J connectivity index is 1.44. The molecule has 2 aromatic carbocycles. The maximum Gasteiger partial charge on any atom is 0.225 e. The quantitative estimate of drug-likeness (QED) is 0.343. The summed E-state index contributed by atoms with van der Waals surface area (Å²) in [4.78, 5) is 13.5. The first kappa shape index (κ1) is 21.3. The number of nitrogens with zero attached hydrogens (tertiary/aromatic N) is 3. The van der Waals surface area contributed by atoms with Crippen molar-refractivity contribution >= 4 is 35.1 Å². The molecule has 6 nitrogen and oxygen atoms in total. The summed E-state index contributed by atoms with van der Waals surface area (Å²) in [5.41, 5.74) is 1.99. The van der Waals surface area contributed by atoms with Crippen molar-refractivity contribution in [3.05, 3.63) is 78.6 Å². The van der Waals surface area contributed by atoms with Gasteiger partial charge in [-0.2, -0.15) is 0 Å². The lowest BCUT2D eigenvalue weighted by atomic mass is 10.2. The standard InChI is InChI=1S/C23H22N4O2S2/c1-30-20-12-6-5-10-18(20)24-21(28)13-15-31-23-26-25-22(19-11-7-14-29-19)27(23)16-17-8-3-2-4-9-17/h2-12,14H,13,15-16H2,1H3,(H,24,28). The molecule has 0 unspecified atom stereocenters. The number of carbonyl (C=O) groups is 1. The number of hydrogen-bond donors (Lipinski definition) is 1. The summed E-state index contributed by atoms with van der Waals surface area (Å²) in [6, 6.07) is 21.7. The van der Waals surface area contributed by atoms with E-state index < -0.39 is 0 Å². The highest BCUT2D eigenvalue weighted by molar-refractivity contribution is 7.99. The molecule has 0 aliphatic heterocycles. The average molecular weight is 451 g/mol. The van der Waals surface area contributed by atoms with Crippen LogP contribution in [0.15, 0.2) is 87.5 Å². The summed E-state index contributed by atoms with van der Waals surface area (Å²) >= 11 is 3.13. The molecule has 0 spiro atoms. The molecule has 0 fully saturated rings. The van der Waals surface area contributed by atoms with Gasteiger partial charge in [0.25, 0.3) is 0 Å². The highest BCUT2D eigenvalue weighted by Crippen LogP contribution is 2.27. The summed E-state index contributed by atoms with van der Waals surface area (Å²) in [6.45, 7) is 0.625. The lowest BCUT2D eigenvalue weighted by Gasteiger charge is -2.10. The lowest BCUT2D eigenvalue weighted by molar-refractivity contribution is -0.115. The predicted octanol–water partition coefficient (Wildman–Crippen LogP) is 5.43. The second-order valence-corrected chi connectivity index (χ2v) is 8.61. The van der Waals surface area contributed by atoms with Crippen LogP contribution in [0.1, 0.15) is 12.0 Å². The van der Waals surface area contributed by atoms with Gasteiger partial charge in [-0.3, -0.25) is 9.36 Å². The van der Waals surface area contributed by atoms with Gasteiger partial charge in [0.1, 0.15) is 0 Å². The first-order valence-electron chi connectivity index (χ1n) is 9.81. The normalized spacial score (nSPS) is 10.9. The van der Waals surface area contributed by atoms with Crippen molar-refractivity contribution in [1.82, 2.24) is 14.8 Å². The molecular formula is C23H22N4O2S2. The average Bonchev–Trinajstić information content (AvgIpc) is 3.45. The van der Waals surface area contributed by atoms with Crippen LogP contribution in [0.5, 0.6) is 0 Å². The highest BCUT2D eigenvalue weighted by Gasteiger charge is 2.17. The summed E-state index contributed by atoms with van der Waals surface area (Å²) < 4.78 is 7.57. The first-order chi connectivity index (χ1) is 15.2. The number of carbonyl (C=O) groups excluding carboxylic acids is 1. The predicted molar refractivity (Wildman–Crippen MR) is 125 cm³/mol. The van der Waals surface area contributed by atoms with E-state index in [1.54, 1.807) is 18.0 Å². The maximum absolute atomic E-state index is 12.4. The van der Waals surface area contributed by atoms with Gasteiger partial charge in [-0.25, -0.2) is 0 Å². The van der Waals surface area contributed by atoms with Gasteiger partial charge < -0.3 is 9.73 Å². The van der Waals surface area contributed by atoms with Gasteiger partial charge in [0.2, 0.25) is 11.7 Å². The Morgan fingerprint density at radius 3 is 2.61 bits per heavy atom. The van der Waals surface area contributed by atoms with Crippen molar-refractivity contribution in [1.29, 1.82) is 0 Å². The molecule has 0 aliphatic rings. The number of anilines is 1. The van der Waals surface area contributed by atoms with Gasteiger partial charge in [-0.15, -0.1) is 22.0 Å². The molecule has 2 aromatic heterocycles. The van der Waals surface area contributed by atoms with E-state index in [0.717, 1.165) is 21.3 Å². The molecule has 31 heavy (non-hydrogen) atoms. The molecule has 1 N–H and O–H groups in total. The van der Waals surface area contributed by atoms with E-state index in [9.17, 15) is 4.79 Å². The minimum atomic E-state index is -0.0191. The monoisotopic (exact) mass is 450 g/mol. The number of furan rings is 1. The maximum atomic E-state index is 12.4. The van der Waals surface area contributed by atoms with Crippen LogP contribution in [-0.4, -0.2) is 32.7 Å². The van der Waals surface area contributed by atoms with E-state index in [2.05, 4.69) is 27.6 Å². The fourth-order valence-electron chi connectivity index (χ4n) is 3.09. The number of nitrogens with one attached hydrogen (secondary N) is 1. The Kier molecular flexibility index (Phi) is 7.11. The van der Waals surface area contributed by atoms with Gasteiger partial charge in [0.05, 0.1) is 18.5 Å². The largest absolute Gasteiger partial charge is 0.461 e. The molecule has 2 heterocycles. The van der Waals surface area contributed by atoms with Gasteiger partial charge in [0.15, 0.2) is 10.9 Å². The zero-order valence-corrected chi connectivity index (χ0v) is 18.7. The number of thioether (sulfide) groups is 2. The van der Waals surface area contributed by atoms with Crippen molar-refractivity contribution in [2.75, 3.05) is 17.3 Å². The molecule has 158 valence electrons. The molecule has 1 amide bonds. The first-order valence-corrected chi connectivity index (χ1v) is 12.0.